The molecule has 1 unspecified atom stereocenters. The molecule has 0 aliphatic carbocycles. The summed E-state index contributed by atoms with van der Waals surface area (Å²) in [7, 11) is 0. The first-order chi connectivity index (χ1) is 8.76. The third-order valence-corrected chi connectivity index (χ3v) is 3.13. The van der Waals surface area contributed by atoms with Gasteiger partial charge >= 0.3 is 0 Å². The van der Waals surface area contributed by atoms with Gasteiger partial charge in [-0.15, -0.1) is 30.4 Å². The lowest BCUT2D eigenvalue weighted by Gasteiger charge is -2.30. The molecule has 1 saturated heterocycles. The molecular formula is C14H27IN4. The third kappa shape index (κ3) is 8.32. The van der Waals surface area contributed by atoms with E-state index in [4.69, 9.17) is 6.42 Å². The maximum absolute atomic E-state index is 5.23. The Bertz CT molecular complexity index is 298. The van der Waals surface area contributed by atoms with E-state index in [2.05, 4.69) is 40.3 Å². The summed E-state index contributed by atoms with van der Waals surface area (Å²) in [6.45, 7) is 10.1. The number of nitrogens with one attached hydrogen (secondary N) is 2. The lowest BCUT2D eigenvalue weighted by molar-refractivity contribution is 0.189. The minimum absolute atomic E-state index is 0. The highest BCUT2D eigenvalue weighted by Gasteiger charge is 2.15. The van der Waals surface area contributed by atoms with Crippen LogP contribution in [0.5, 0.6) is 0 Å². The molecule has 19 heavy (non-hydrogen) atoms. The van der Waals surface area contributed by atoms with E-state index in [0.717, 1.165) is 31.5 Å². The molecule has 0 bridgehead atoms. The Balaban J connectivity index is 0.00000324. The van der Waals surface area contributed by atoms with Gasteiger partial charge in [-0.2, -0.15) is 0 Å². The Morgan fingerprint density at radius 3 is 2.89 bits per heavy atom. The van der Waals surface area contributed by atoms with Gasteiger partial charge in [-0.05, 0) is 32.2 Å². The maximum atomic E-state index is 5.23. The highest BCUT2D eigenvalue weighted by atomic mass is 127. The number of aliphatic imine (C=N–C) groups is 1. The summed E-state index contributed by atoms with van der Waals surface area (Å²) in [5.41, 5.74) is 0. The van der Waals surface area contributed by atoms with E-state index in [1.165, 1.54) is 25.9 Å². The van der Waals surface area contributed by atoms with E-state index in [9.17, 15) is 0 Å². The maximum Gasteiger partial charge on any atom is 0.192 e. The van der Waals surface area contributed by atoms with Gasteiger partial charge < -0.3 is 15.5 Å². The van der Waals surface area contributed by atoms with Gasteiger partial charge in [-0.25, -0.2) is 0 Å². The fourth-order valence-electron chi connectivity index (χ4n) is 2.27. The zero-order valence-electron chi connectivity index (χ0n) is 12.1. The molecule has 0 aromatic heterocycles. The zero-order valence-corrected chi connectivity index (χ0v) is 14.4. The van der Waals surface area contributed by atoms with Crippen LogP contribution in [0.2, 0.25) is 0 Å². The van der Waals surface area contributed by atoms with Crippen molar-refractivity contribution < 1.29 is 0 Å². The van der Waals surface area contributed by atoms with Crippen molar-refractivity contribution in [2.75, 3.05) is 39.3 Å². The lowest BCUT2D eigenvalue weighted by Crippen LogP contribution is -2.39. The summed E-state index contributed by atoms with van der Waals surface area (Å²) in [6.07, 6.45) is 7.92. The van der Waals surface area contributed by atoms with Gasteiger partial charge in [0.15, 0.2) is 5.96 Å². The van der Waals surface area contributed by atoms with E-state index in [0.29, 0.717) is 6.54 Å². The zero-order chi connectivity index (χ0) is 13.2. The summed E-state index contributed by atoms with van der Waals surface area (Å²) < 4.78 is 0. The second-order valence-electron chi connectivity index (χ2n) is 4.87. The van der Waals surface area contributed by atoms with Crippen molar-refractivity contribution in [2.45, 2.75) is 26.7 Å². The Hall–Kier alpha value is -0.480. The SMILES string of the molecule is C#CCNC(=NCCN1CCCC(C)C1)NCC.I. The van der Waals surface area contributed by atoms with Gasteiger partial charge in [-0.1, -0.05) is 12.8 Å². The average molecular weight is 378 g/mol. The van der Waals surface area contributed by atoms with Crippen molar-refractivity contribution in [3.05, 3.63) is 0 Å². The van der Waals surface area contributed by atoms with Gasteiger partial charge in [0.05, 0.1) is 13.1 Å². The molecule has 1 fully saturated rings. The van der Waals surface area contributed by atoms with Crippen LogP contribution in [0.1, 0.15) is 26.7 Å². The van der Waals surface area contributed by atoms with Crippen molar-refractivity contribution in [3.8, 4) is 12.3 Å². The van der Waals surface area contributed by atoms with Gasteiger partial charge in [0.1, 0.15) is 0 Å². The van der Waals surface area contributed by atoms with E-state index in [-0.39, 0.29) is 24.0 Å². The van der Waals surface area contributed by atoms with E-state index in [1.807, 2.05) is 0 Å². The molecule has 5 heteroatoms. The number of rotatable bonds is 5. The van der Waals surface area contributed by atoms with Gasteiger partial charge in [0.25, 0.3) is 0 Å². The van der Waals surface area contributed by atoms with Gasteiger partial charge in [0, 0.05) is 19.6 Å². The summed E-state index contributed by atoms with van der Waals surface area (Å²) in [5, 5.41) is 6.29. The van der Waals surface area contributed by atoms with Crippen LogP contribution in [0.25, 0.3) is 0 Å². The Labute approximate surface area is 134 Å². The molecule has 1 aliphatic rings. The van der Waals surface area contributed by atoms with Crippen LogP contribution in [0.3, 0.4) is 0 Å². The van der Waals surface area contributed by atoms with Crippen LogP contribution < -0.4 is 10.6 Å². The highest BCUT2D eigenvalue weighted by molar-refractivity contribution is 14.0. The fourth-order valence-corrected chi connectivity index (χ4v) is 2.27. The van der Waals surface area contributed by atoms with Crippen molar-refractivity contribution >= 4 is 29.9 Å². The molecule has 110 valence electrons. The molecule has 0 spiro atoms. The average Bonchev–Trinajstić information content (AvgIpc) is 2.36. The molecule has 1 atom stereocenters. The standard InChI is InChI=1S/C14H26N4.HI/c1-4-8-16-14(15-5-2)17-9-11-18-10-6-7-13(3)12-18;/h1,13H,5-12H2,2-3H3,(H2,15,16,17);1H. The number of halogens is 1. The number of nitrogens with zero attached hydrogens (tertiary/aromatic N) is 2. The van der Waals surface area contributed by atoms with Gasteiger partial charge in [0.2, 0.25) is 0 Å². The van der Waals surface area contributed by atoms with Crippen LogP contribution in [0.4, 0.5) is 0 Å². The molecule has 1 aliphatic heterocycles. The summed E-state index contributed by atoms with van der Waals surface area (Å²) in [6, 6.07) is 0. The molecule has 1 rings (SSSR count). The number of guanidine groups is 1. The second-order valence-corrected chi connectivity index (χ2v) is 4.87. The van der Waals surface area contributed by atoms with Gasteiger partial charge in [-0.3, -0.25) is 4.99 Å². The molecule has 1 heterocycles. The minimum Gasteiger partial charge on any atom is -0.357 e. The minimum atomic E-state index is 0. The number of hydrogen-bond donors (Lipinski definition) is 2. The third-order valence-electron chi connectivity index (χ3n) is 3.13. The Morgan fingerprint density at radius 2 is 2.26 bits per heavy atom. The number of piperidine rings is 1. The quantitative estimate of drug-likeness (QED) is 0.330. The first-order valence-electron chi connectivity index (χ1n) is 6.94. The van der Waals surface area contributed by atoms with Crippen molar-refractivity contribution in [1.82, 2.24) is 15.5 Å². The molecule has 2 N–H and O–H groups in total. The Morgan fingerprint density at radius 1 is 1.47 bits per heavy atom. The molecule has 0 aromatic rings. The van der Waals surface area contributed by atoms with E-state index >= 15 is 0 Å². The van der Waals surface area contributed by atoms with Crippen molar-refractivity contribution in [2.24, 2.45) is 10.9 Å². The fraction of sp³-hybridized carbons (Fsp3) is 0.786. The van der Waals surface area contributed by atoms with Crippen LogP contribution in [-0.2, 0) is 0 Å². The molecule has 0 amide bonds. The summed E-state index contributed by atoms with van der Waals surface area (Å²) in [5.74, 6) is 4.21. The van der Waals surface area contributed by atoms with E-state index < -0.39 is 0 Å². The normalized spacial score (nSPS) is 20.3. The molecule has 4 nitrogen and oxygen atoms in total. The smallest absolute Gasteiger partial charge is 0.192 e. The van der Waals surface area contributed by atoms with Crippen LogP contribution >= 0.6 is 24.0 Å². The Kier molecular flexibility index (Phi) is 11.1. The summed E-state index contributed by atoms with van der Waals surface area (Å²) >= 11 is 0. The highest BCUT2D eigenvalue weighted by Crippen LogP contribution is 2.14. The largest absolute Gasteiger partial charge is 0.357 e. The monoisotopic (exact) mass is 378 g/mol. The second kappa shape index (κ2) is 11.4. The lowest BCUT2D eigenvalue weighted by atomic mass is 10.0. The molecular weight excluding hydrogens is 351 g/mol. The van der Waals surface area contributed by atoms with Crippen molar-refractivity contribution in [3.63, 3.8) is 0 Å². The predicted molar refractivity (Wildman–Crippen MR) is 93.1 cm³/mol. The van der Waals surface area contributed by atoms with Crippen LogP contribution in [0, 0.1) is 18.3 Å². The van der Waals surface area contributed by atoms with Crippen molar-refractivity contribution in [1.29, 1.82) is 0 Å². The first-order valence-corrected chi connectivity index (χ1v) is 6.94. The molecule has 0 aromatic carbocycles. The number of likely N-dealkylation sites (tertiary alicyclic amines) is 1. The predicted octanol–water partition coefficient (Wildman–Crippen LogP) is 1.52. The molecule has 0 saturated carbocycles. The summed E-state index contributed by atoms with van der Waals surface area (Å²) in [4.78, 5) is 7.03. The molecule has 0 radical (unpaired) electrons. The number of hydrogen-bond acceptors (Lipinski definition) is 2. The van der Waals surface area contributed by atoms with Crippen LogP contribution in [0.15, 0.2) is 4.99 Å². The van der Waals surface area contributed by atoms with E-state index in [1.54, 1.807) is 0 Å². The topological polar surface area (TPSA) is 39.7 Å². The first kappa shape index (κ1) is 18.5. The number of terminal acetylenes is 1. The van der Waals surface area contributed by atoms with Crippen LogP contribution in [-0.4, -0.2) is 50.1 Å².